The molecule has 18 heavy (non-hydrogen) atoms. The van der Waals surface area contributed by atoms with E-state index in [9.17, 15) is 8.42 Å². The van der Waals surface area contributed by atoms with E-state index < -0.39 is 16.1 Å². The number of aliphatic hydroxyl groups excluding tert-OH is 1. The van der Waals surface area contributed by atoms with Crippen LogP contribution in [0.3, 0.4) is 0 Å². The number of benzene rings is 1. The lowest BCUT2D eigenvalue weighted by molar-refractivity contribution is 0.265. The Morgan fingerprint density at radius 1 is 1.33 bits per heavy atom. The smallest absolute Gasteiger partial charge is 0.241 e. The Bertz CT molecular complexity index is 525. The number of sulfonamides is 1. The lowest BCUT2D eigenvalue weighted by Gasteiger charge is -2.15. The van der Waals surface area contributed by atoms with Crippen LogP contribution in [0.15, 0.2) is 17.0 Å². The van der Waals surface area contributed by atoms with E-state index in [1.165, 1.54) is 0 Å². The molecule has 0 bridgehead atoms. The monoisotopic (exact) mass is 273 g/mol. The number of aliphatic hydroxyl groups is 1. The summed E-state index contributed by atoms with van der Waals surface area (Å²) in [5.41, 5.74) is 1.36. The van der Waals surface area contributed by atoms with E-state index in [2.05, 4.69) is 4.72 Å². The van der Waals surface area contributed by atoms with Crippen molar-refractivity contribution in [3.63, 3.8) is 0 Å². The molecule has 1 atom stereocenters. The molecule has 0 spiro atoms. The standard InChI is InChI=1S/C12H19NO4S/c1-8-6-12(9(2)5-11(8)17-4)18(15,16)13-10(3)7-14/h5-6,10,13-14H,7H2,1-4H3/t10-/m0/s1. The van der Waals surface area contributed by atoms with Gasteiger partial charge in [-0.3, -0.25) is 0 Å². The third-order valence-electron chi connectivity index (χ3n) is 2.61. The number of aryl methyl sites for hydroxylation is 2. The minimum atomic E-state index is -3.62. The van der Waals surface area contributed by atoms with Crippen LogP contribution in [-0.4, -0.2) is 33.3 Å². The van der Waals surface area contributed by atoms with Gasteiger partial charge >= 0.3 is 0 Å². The Labute approximate surface area is 108 Å². The van der Waals surface area contributed by atoms with E-state index in [0.717, 1.165) is 5.56 Å². The van der Waals surface area contributed by atoms with Crippen LogP contribution in [0.5, 0.6) is 5.75 Å². The zero-order valence-corrected chi connectivity index (χ0v) is 11.8. The van der Waals surface area contributed by atoms with Crippen molar-refractivity contribution >= 4 is 10.0 Å². The second kappa shape index (κ2) is 5.69. The van der Waals surface area contributed by atoms with Gasteiger partial charge in [-0.05, 0) is 44.0 Å². The van der Waals surface area contributed by atoms with Crippen LogP contribution in [0.4, 0.5) is 0 Å². The second-order valence-electron chi connectivity index (χ2n) is 4.29. The van der Waals surface area contributed by atoms with Gasteiger partial charge in [0.25, 0.3) is 0 Å². The van der Waals surface area contributed by atoms with Crippen molar-refractivity contribution in [2.45, 2.75) is 31.7 Å². The molecule has 1 aromatic carbocycles. The van der Waals surface area contributed by atoms with Gasteiger partial charge in [-0.2, -0.15) is 0 Å². The maximum atomic E-state index is 12.1. The molecule has 0 heterocycles. The van der Waals surface area contributed by atoms with Crippen molar-refractivity contribution in [2.24, 2.45) is 0 Å². The molecule has 0 saturated carbocycles. The number of hydrogen-bond donors (Lipinski definition) is 2. The maximum Gasteiger partial charge on any atom is 0.241 e. The molecule has 5 nitrogen and oxygen atoms in total. The highest BCUT2D eigenvalue weighted by atomic mass is 32.2. The van der Waals surface area contributed by atoms with Crippen LogP contribution in [0.2, 0.25) is 0 Å². The van der Waals surface area contributed by atoms with E-state index in [0.29, 0.717) is 11.3 Å². The Morgan fingerprint density at radius 3 is 2.44 bits per heavy atom. The van der Waals surface area contributed by atoms with Crippen LogP contribution in [0, 0.1) is 13.8 Å². The topological polar surface area (TPSA) is 75.6 Å². The molecule has 0 aliphatic heterocycles. The molecule has 0 radical (unpaired) electrons. The second-order valence-corrected chi connectivity index (χ2v) is 5.97. The largest absolute Gasteiger partial charge is 0.496 e. The molecule has 102 valence electrons. The summed E-state index contributed by atoms with van der Waals surface area (Å²) in [5, 5.41) is 8.90. The zero-order chi connectivity index (χ0) is 13.9. The number of nitrogens with one attached hydrogen (secondary N) is 1. The summed E-state index contributed by atoms with van der Waals surface area (Å²) in [6.07, 6.45) is 0. The molecule has 6 heteroatoms. The van der Waals surface area contributed by atoms with Crippen molar-refractivity contribution in [1.82, 2.24) is 4.72 Å². The Morgan fingerprint density at radius 2 is 1.94 bits per heavy atom. The van der Waals surface area contributed by atoms with Crippen LogP contribution >= 0.6 is 0 Å². The normalized spacial score (nSPS) is 13.4. The fraction of sp³-hybridized carbons (Fsp3) is 0.500. The lowest BCUT2D eigenvalue weighted by Crippen LogP contribution is -2.35. The van der Waals surface area contributed by atoms with Crippen molar-refractivity contribution < 1.29 is 18.3 Å². The SMILES string of the molecule is COc1cc(C)c(S(=O)(=O)N[C@@H](C)CO)cc1C. The molecule has 1 rings (SSSR count). The van der Waals surface area contributed by atoms with Crippen LogP contribution in [0.1, 0.15) is 18.1 Å². The molecule has 0 saturated heterocycles. The highest BCUT2D eigenvalue weighted by Crippen LogP contribution is 2.25. The molecule has 0 aliphatic rings. The fourth-order valence-corrected chi connectivity index (χ4v) is 3.18. The third kappa shape index (κ3) is 3.22. The highest BCUT2D eigenvalue weighted by Gasteiger charge is 2.20. The van der Waals surface area contributed by atoms with Gasteiger partial charge in [0.05, 0.1) is 18.6 Å². The summed E-state index contributed by atoms with van der Waals surface area (Å²) in [4.78, 5) is 0.209. The van der Waals surface area contributed by atoms with Crippen LogP contribution in [0.25, 0.3) is 0 Å². The summed E-state index contributed by atoms with van der Waals surface area (Å²) >= 11 is 0. The summed E-state index contributed by atoms with van der Waals surface area (Å²) in [7, 11) is -2.07. The number of methoxy groups -OCH3 is 1. The van der Waals surface area contributed by atoms with Crippen LogP contribution in [-0.2, 0) is 10.0 Å². The Balaban J connectivity index is 3.21. The molecule has 0 unspecified atom stereocenters. The van der Waals surface area contributed by atoms with Crippen molar-refractivity contribution in [1.29, 1.82) is 0 Å². The van der Waals surface area contributed by atoms with Gasteiger partial charge in [-0.15, -0.1) is 0 Å². The number of rotatable bonds is 5. The van der Waals surface area contributed by atoms with Crippen molar-refractivity contribution in [2.75, 3.05) is 13.7 Å². The third-order valence-corrected chi connectivity index (χ3v) is 4.34. The summed E-state index contributed by atoms with van der Waals surface area (Å²) in [6, 6.07) is 2.74. The predicted molar refractivity (Wildman–Crippen MR) is 69.3 cm³/mol. The minimum absolute atomic E-state index is 0.209. The Kier molecular flexibility index (Phi) is 4.72. The van der Waals surface area contributed by atoms with E-state index in [-0.39, 0.29) is 11.5 Å². The van der Waals surface area contributed by atoms with Gasteiger partial charge < -0.3 is 9.84 Å². The summed E-state index contributed by atoms with van der Waals surface area (Å²) in [6.45, 7) is 4.85. The quantitative estimate of drug-likeness (QED) is 0.838. The van der Waals surface area contributed by atoms with Crippen molar-refractivity contribution in [3.8, 4) is 5.75 Å². The average molecular weight is 273 g/mol. The van der Waals surface area contributed by atoms with Gasteiger partial charge in [0.15, 0.2) is 0 Å². The average Bonchev–Trinajstić information content (AvgIpc) is 2.30. The van der Waals surface area contributed by atoms with Crippen LogP contribution < -0.4 is 9.46 Å². The molecule has 1 aromatic rings. The molecule has 0 aromatic heterocycles. The number of ether oxygens (including phenoxy) is 1. The molecule has 2 N–H and O–H groups in total. The van der Waals surface area contributed by atoms with E-state index in [4.69, 9.17) is 9.84 Å². The van der Waals surface area contributed by atoms with E-state index in [1.54, 1.807) is 40.0 Å². The predicted octanol–water partition coefficient (Wildman–Crippen LogP) is 0.971. The van der Waals surface area contributed by atoms with Gasteiger partial charge in [0.2, 0.25) is 10.0 Å². The van der Waals surface area contributed by atoms with Gasteiger partial charge in [-0.1, -0.05) is 0 Å². The first kappa shape index (κ1) is 14.9. The van der Waals surface area contributed by atoms with E-state index >= 15 is 0 Å². The van der Waals surface area contributed by atoms with Gasteiger partial charge in [0, 0.05) is 6.04 Å². The first-order valence-corrected chi connectivity index (χ1v) is 7.08. The fourth-order valence-electron chi connectivity index (χ4n) is 1.64. The molecule has 0 aliphatic carbocycles. The summed E-state index contributed by atoms with van der Waals surface area (Å²) < 4.78 is 31.8. The molecular weight excluding hydrogens is 254 g/mol. The minimum Gasteiger partial charge on any atom is -0.496 e. The first-order valence-electron chi connectivity index (χ1n) is 5.60. The highest BCUT2D eigenvalue weighted by molar-refractivity contribution is 7.89. The summed E-state index contributed by atoms with van der Waals surface area (Å²) in [5.74, 6) is 0.654. The Hall–Kier alpha value is -1.11. The first-order chi connectivity index (χ1) is 8.31. The van der Waals surface area contributed by atoms with Crippen molar-refractivity contribution in [3.05, 3.63) is 23.3 Å². The zero-order valence-electron chi connectivity index (χ0n) is 11.0. The maximum absolute atomic E-state index is 12.1. The van der Waals surface area contributed by atoms with Gasteiger partial charge in [0.1, 0.15) is 5.75 Å². The molecule has 0 amide bonds. The molecule has 0 fully saturated rings. The van der Waals surface area contributed by atoms with Gasteiger partial charge in [-0.25, -0.2) is 13.1 Å². The number of hydrogen-bond acceptors (Lipinski definition) is 4. The lowest BCUT2D eigenvalue weighted by atomic mass is 10.1. The van der Waals surface area contributed by atoms with E-state index in [1.807, 2.05) is 0 Å². The molecular formula is C12H19NO4S.